The molecule has 0 amide bonds. The first-order chi connectivity index (χ1) is 7.81. The normalized spacial score (nSPS) is 12.9. The molecule has 0 aromatic carbocycles. The molecule has 0 aliphatic heterocycles. The second-order valence-corrected chi connectivity index (χ2v) is 5.23. The Kier molecular flexibility index (Phi) is 3.98. The van der Waals surface area contributed by atoms with Crippen LogP contribution in [-0.2, 0) is 6.42 Å². The van der Waals surface area contributed by atoms with Gasteiger partial charge < -0.3 is 5.32 Å². The predicted molar refractivity (Wildman–Crippen MR) is 66.9 cm³/mol. The molecule has 2 rings (SSSR count). The van der Waals surface area contributed by atoms with Crippen molar-refractivity contribution in [2.45, 2.75) is 26.3 Å². The van der Waals surface area contributed by atoms with E-state index in [0.29, 0.717) is 0 Å². The van der Waals surface area contributed by atoms with Crippen molar-refractivity contribution in [3.63, 3.8) is 0 Å². The highest BCUT2D eigenvalue weighted by molar-refractivity contribution is 7.09. The molecule has 0 radical (unpaired) electrons. The van der Waals surface area contributed by atoms with Gasteiger partial charge in [0.1, 0.15) is 0 Å². The summed E-state index contributed by atoms with van der Waals surface area (Å²) in [6.07, 6.45) is 2.76. The monoisotopic (exact) mass is 254 g/mol. The molecule has 0 aliphatic carbocycles. The summed E-state index contributed by atoms with van der Waals surface area (Å²) in [4.78, 5) is 5.54. The largest absolute Gasteiger partial charge is 0.309 e. The molecule has 0 spiro atoms. The number of hydrogen-bond acceptors (Lipinski definition) is 6. The zero-order valence-electron chi connectivity index (χ0n) is 9.30. The third kappa shape index (κ3) is 2.63. The third-order valence-electron chi connectivity index (χ3n) is 2.32. The van der Waals surface area contributed by atoms with E-state index in [1.807, 2.05) is 18.5 Å². The van der Waals surface area contributed by atoms with Crippen LogP contribution in [0.4, 0.5) is 0 Å². The van der Waals surface area contributed by atoms with E-state index in [0.717, 1.165) is 23.7 Å². The van der Waals surface area contributed by atoms with Crippen LogP contribution in [0.25, 0.3) is 0 Å². The molecule has 1 atom stereocenters. The van der Waals surface area contributed by atoms with Crippen molar-refractivity contribution < 1.29 is 0 Å². The van der Waals surface area contributed by atoms with Crippen molar-refractivity contribution in [1.29, 1.82) is 0 Å². The third-order valence-corrected chi connectivity index (χ3v) is 4.06. The number of rotatable bonds is 5. The van der Waals surface area contributed by atoms with E-state index in [1.54, 1.807) is 11.3 Å². The van der Waals surface area contributed by atoms with Crippen LogP contribution in [0.15, 0.2) is 11.6 Å². The van der Waals surface area contributed by atoms with Gasteiger partial charge in [-0.05, 0) is 25.0 Å². The van der Waals surface area contributed by atoms with Gasteiger partial charge in [0.2, 0.25) is 0 Å². The van der Waals surface area contributed by atoms with Crippen LogP contribution in [0.3, 0.4) is 0 Å². The van der Waals surface area contributed by atoms with Crippen LogP contribution >= 0.6 is 22.9 Å². The van der Waals surface area contributed by atoms with Gasteiger partial charge >= 0.3 is 0 Å². The Hall–Kier alpha value is -0.850. The van der Waals surface area contributed by atoms with E-state index in [1.165, 1.54) is 16.4 Å². The molecular weight excluding hydrogens is 240 g/mol. The number of likely N-dealkylation sites (N-methyl/N-ethyl adjacent to an activating group) is 1. The molecule has 2 aromatic heterocycles. The van der Waals surface area contributed by atoms with Gasteiger partial charge in [-0.15, -0.1) is 16.4 Å². The Balaban J connectivity index is 2.14. The van der Waals surface area contributed by atoms with Gasteiger partial charge in [-0.2, -0.15) is 0 Å². The van der Waals surface area contributed by atoms with Crippen molar-refractivity contribution in [3.05, 3.63) is 27.2 Å². The van der Waals surface area contributed by atoms with E-state index in [2.05, 4.69) is 26.8 Å². The summed E-state index contributed by atoms with van der Waals surface area (Å²) < 4.78 is 3.99. The molecule has 1 N–H and O–H groups in total. The smallest absolute Gasteiger partial charge is 0.0944 e. The molecule has 2 heterocycles. The summed E-state index contributed by atoms with van der Waals surface area (Å²) in [6, 6.07) is 0.288. The van der Waals surface area contributed by atoms with E-state index >= 15 is 0 Å². The van der Waals surface area contributed by atoms with Crippen LogP contribution in [0.2, 0.25) is 0 Å². The first kappa shape index (κ1) is 11.6. The molecule has 2 aromatic rings. The fourth-order valence-electron chi connectivity index (χ4n) is 1.59. The zero-order chi connectivity index (χ0) is 11.4. The Bertz CT molecular complexity index is 424. The highest BCUT2D eigenvalue weighted by Gasteiger charge is 2.17. The molecular formula is C10H14N4S2. The van der Waals surface area contributed by atoms with E-state index in [4.69, 9.17) is 0 Å². The highest BCUT2D eigenvalue weighted by Crippen LogP contribution is 2.24. The fourth-order valence-corrected chi connectivity index (χ4v) is 2.97. The van der Waals surface area contributed by atoms with Crippen molar-refractivity contribution in [2.75, 3.05) is 6.54 Å². The molecule has 0 fully saturated rings. The lowest BCUT2D eigenvalue weighted by Crippen LogP contribution is -2.22. The molecule has 0 bridgehead atoms. The van der Waals surface area contributed by atoms with Gasteiger partial charge in [0, 0.05) is 18.0 Å². The van der Waals surface area contributed by atoms with Crippen LogP contribution in [0, 0.1) is 6.92 Å². The number of nitrogens with zero attached hydrogens (tertiary/aromatic N) is 3. The van der Waals surface area contributed by atoms with Crippen molar-refractivity contribution >= 4 is 22.9 Å². The minimum absolute atomic E-state index is 0.288. The van der Waals surface area contributed by atoms with Crippen molar-refractivity contribution in [1.82, 2.24) is 19.9 Å². The summed E-state index contributed by atoms with van der Waals surface area (Å²) in [5.74, 6) is 0. The van der Waals surface area contributed by atoms with Crippen LogP contribution in [0.5, 0.6) is 0 Å². The molecule has 86 valence electrons. The molecule has 1 unspecified atom stereocenters. The van der Waals surface area contributed by atoms with E-state index < -0.39 is 0 Å². The van der Waals surface area contributed by atoms with Crippen LogP contribution in [-0.4, -0.2) is 21.1 Å². The minimum atomic E-state index is 0.288. The zero-order valence-corrected chi connectivity index (χ0v) is 10.9. The molecule has 16 heavy (non-hydrogen) atoms. The number of thiazole rings is 1. The van der Waals surface area contributed by atoms with Crippen molar-refractivity contribution in [3.8, 4) is 0 Å². The number of hydrogen-bond donors (Lipinski definition) is 1. The number of nitrogens with one attached hydrogen (secondary N) is 1. The SMILES string of the molecule is CCNC(Cc1nccs1)c1snnc1C. The maximum Gasteiger partial charge on any atom is 0.0944 e. The Morgan fingerprint density at radius 2 is 2.38 bits per heavy atom. The average Bonchev–Trinajstić information content (AvgIpc) is 2.88. The average molecular weight is 254 g/mol. The second-order valence-electron chi connectivity index (χ2n) is 3.46. The molecule has 0 aliphatic rings. The highest BCUT2D eigenvalue weighted by atomic mass is 32.1. The van der Waals surface area contributed by atoms with Gasteiger partial charge in [-0.3, -0.25) is 0 Å². The van der Waals surface area contributed by atoms with Gasteiger partial charge in [0.05, 0.1) is 21.6 Å². The van der Waals surface area contributed by atoms with Crippen LogP contribution in [0.1, 0.15) is 28.5 Å². The van der Waals surface area contributed by atoms with Gasteiger partial charge in [0.15, 0.2) is 0 Å². The maximum absolute atomic E-state index is 4.32. The lowest BCUT2D eigenvalue weighted by molar-refractivity contribution is 0.553. The summed E-state index contributed by atoms with van der Waals surface area (Å²) in [7, 11) is 0. The summed E-state index contributed by atoms with van der Waals surface area (Å²) in [6.45, 7) is 5.05. The van der Waals surface area contributed by atoms with Gasteiger partial charge in [-0.25, -0.2) is 4.98 Å². The number of aromatic nitrogens is 3. The summed E-state index contributed by atoms with van der Waals surface area (Å²) in [5.41, 5.74) is 1.02. The quantitative estimate of drug-likeness (QED) is 0.888. The van der Waals surface area contributed by atoms with Crippen LogP contribution < -0.4 is 5.32 Å². The minimum Gasteiger partial charge on any atom is -0.309 e. The standard InChI is InChI=1S/C10H14N4S2/c1-3-11-8(6-9-12-4-5-15-9)10-7(2)13-14-16-10/h4-5,8,11H,3,6H2,1-2H3. The maximum atomic E-state index is 4.32. The second kappa shape index (κ2) is 5.47. The molecule has 6 heteroatoms. The Morgan fingerprint density at radius 1 is 1.50 bits per heavy atom. The van der Waals surface area contributed by atoms with Gasteiger partial charge in [0.25, 0.3) is 0 Å². The van der Waals surface area contributed by atoms with Gasteiger partial charge in [-0.1, -0.05) is 11.4 Å². The lowest BCUT2D eigenvalue weighted by atomic mass is 10.1. The molecule has 0 saturated carbocycles. The van der Waals surface area contributed by atoms with E-state index in [9.17, 15) is 0 Å². The summed E-state index contributed by atoms with van der Waals surface area (Å²) in [5, 5.41) is 10.7. The Labute approximate surface area is 103 Å². The summed E-state index contributed by atoms with van der Waals surface area (Å²) >= 11 is 3.17. The lowest BCUT2D eigenvalue weighted by Gasteiger charge is -2.14. The topological polar surface area (TPSA) is 50.7 Å². The first-order valence-electron chi connectivity index (χ1n) is 5.22. The fraction of sp³-hybridized carbons (Fsp3) is 0.500. The molecule has 0 saturated heterocycles. The van der Waals surface area contributed by atoms with E-state index in [-0.39, 0.29) is 6.04 Å². The Morgan fingerprint density at radius 3 is 2.94 bits per heavy atom. The van der Waals surface area contributed by atoms with Crippen molar-refractivity contribution in [2.24, 2.45) is 0 Å². The number of aryl methyl sites for hydroxylation is 1. The molecule has 4 nitrogen and oxygen atoms in total. The predicted octanol–water partition coefficient (Wildman–Crippen LogP) is 2.20. The first-order valence-corrected chi connectivity index (χ1v) is 6.87.